The highest BCUT2D eigenvalue weighted by Gasteiger charge is 2.17. The van der Waals surface area contributed by atoms with Gasteiger partial charge < -0.3 is 19.5 Å². The largest absolute Gasteiger partial charge is 0.493 e. The van der Waals surface area contributed by atoms with Crippen LogP contribution in [0.25, 0.3) is 0 Å². The Hall–Kier alpha value is -2.32. The van der Waals surface area contributed by atoms with E-state index in [0.29, 0.717) is 34.8 Å². The molecule has 1 atom stereocenters. The number of rotatable bonds is 8. The average Bonchev–Trinajstić information content (AvgIpc) is 3.19. The topological polar surface area (TPSA) is 82.9 Å². The summed E-state index contributed by atoms with van der Waals surface area (Å²) in [7, 11) is 1.59. The second kappa shape index (κ2) is 9.05. The number of benzene rings is 2. The average molecular weight is 437 g/mol. The third kappa shape index (κ3) is 5.11. The Labute approximate surface area is 165 Å². The number of hydrogen-bond donors (Lipinski definition) is 1. The van der Waals surface area contributed by atoms with Crippen LogP contribution in [0.5, 0.6) is 11.5 Å². The van der Waals surface area contributed by atoms with E-state index < -0.39 is 4.92 Å². The third-order valence-electron chi connectivity index (χ3n) is 4.32. The Balaban J connectivity index is 1.66. The first-order valence-corrected chi connectivity index (χ1v) is 9.45. The molecule has 1 unspecified atom stereocenters. The van der Waals surface area contributed by atoms with Gasteiger partial charge in [-0.1, -0.05) is 22.0 Å². The number of anilines is 1. The standard InChI is InChI=1S/C19H21BrN2O5/c1-25-19-9-13(4-7-18(19)27-12-15-3-2-8-26-15)11-21-16-6-5-14(20)10-17(16)22(23)24/h4-7,9-10,15,21H,2-3,8,11-12H2,1H3. The molecule has 0 spiro atoms. The van der Waals surface area contributed by atoms with Crippen molar-refractivity contribution in [1.82, 2.24) is 0 Å². The number of methoxy groups -OCH3 is 1. The number of halogens is 1. The number of nitro groups is 1. The van der Waals surface area contributed by atoms with Crippen molar-refractivity contribution in [3.8, 4) is 11.5 Å². The lowest BCUT2D eigenvalue weighted by Crippen LogP contribution is -2.16. The van der Waals surface area contributed by atoms with Gasteiger partial charge in [0.1, 0.15) is 12.3 Å². The van der Waals surface area contributed by atoms with Crippen molar-refractivity contribution in [3.63, 3.8) is 0 Å². The van der Waals surface area contributed by atoms with Gasteiger partial charge in [0.25, 0.3) is 5.69 Å². The van der Waals surface area contributed by atoms with E-state index in [9.17, 15) is 10.1 Å². The van der Waals surface area contributed by atoms with Gasteiger partial charge in [-0.3, -0.25) is 10.1 Å². The molecule has 1 fully saturated rings. The van der Waals surface area contributed by atoms with Gasteiger partial charge in [0.05, 0.1) is 18.1 Å². The lowest BCUT2D eigenvalue weighted by molar-refractivity contribution is -0.384. The van der Waals surface area contributed by atoms with Gasteiger partial charge in [-0.15, -0.1) is 0 Å². The van der Waals surface area contributed by atoms with Gasteiger partial charge in [0.15, 0.2) is 11.5 Å². The molecule has 3 rings (SSSR count). The first-order chi connectivity index (χ1) is 13.1. The summed E-state index contributed by atoms with van der Waals surface area (Å²) in [6.45, 7) is 1.71. The number of nitrogens with zero attached hydrogens (tertiary/aromatic N) is 1. The van der Waals surface area contributed by atoms with Crippen LogP contribution in [0.1, 0.15) is 18.4 Å². The minimum absolute atomic E-state index is 0.0212. The SMILES string of the molecule is COc1cc(CNc2ccc(Br)cc2[N+](=O)[O-])ccc1OCC1CCCO1. The summed E-state index contributed by atoms with van der Waals surface area (Å²) in [4.78, 5) is 10.8. The van der Waals surface area contributed by atoms with E-state index >= 15 is 0 Å². The van der Waals surface area contributed by atoms with Crippen molar-refractivity contribution >= 4 is 27.3 Å². The van der Waals surface area contributed by atoms with E-state index in [0.717, 1.165) is 25.0 Å². The molecule has 1 heterocycles. The van der Waals surface area contributed by atoms with Gasteiger partial charge in [0.2, 0.25) is 0 Å². The molecular weight excluding hydrogens is 416 g/mol. The zero-order valence-electron chi connectivity index (χ0n) is 14.9. The molecular formula is C19H21BrN2O5. The molecule has 0 saturated carbocycles. The normalized spacial score (nSPS) is 16.1. The zero-order valence-corrected chi connectivity index (χ0v) is 16.5. The van der Waals surface area contributed by atoms with Crippen LogP contribution < -0.4 is 14.8 Å². The molecule has 144 valence electrons. The van der Waals surface area contributed by atoms with E-state index in [-0.39, 0.29) is 11.8 Å². The highest BCUT2D eigenvalue weighted by molar-refractivity contribution is 9.10. The van der Waals surface area contributed by atoms with Crippen LogP contribution in [0.3, 0.4) is 0 Å². The maximum atomic E-state index is 11.2. The first-order valence-electron chi connectivity index (χ1n) is 8.66. The maximum Gasteiger partial charge on any atom is 0.293 e. The van der Waals surface area contributed by atoms with Gasteiger partial charge in [0, 0.05) is 23.7 Å². The van der Waals surface area contributed by atoms with Gasteiger partial charge in [-0.2, -0.15) is 0 Å². The molecule has 0 bridgehead atoms. The number of hydrogen-bond acceptors (Lipinski definition) is 6. The molecule has 1 aliphatic heterocycles. The predicted octanol–water partition coefficient (Wildman–Crippen LogP) is 4.54. The van der Waals surface area contributed by atoms with Crippen LogP contribution in [0.15, 0.2) is 40.9 Å². The fraction of sp³-hybridized carbons (Fsp3) is 0.368. The monoisotopic (exact) mass is 436 g/mol. The summed E-state index contributed by atoms with van der Waals surface area (Å²) in [5.74, 6) is 1.28. The fourth-order valence-electron chi connectivity index (χ4n) is 2.90. The number of nitrogens with one attached hydrogen (secondary N) is 1. The van der Waals surface area contributed by atoms with E-state index in [1.807, 2.05) is 18.2 Å². The molecule has 0 radical (unpaired) electrons. The van der Waals surface area contributed by atoms with E-state index in [4.69, 9.17) is 14.2 Å². The second-order valence-electron chi connectivity index (χ2n) is 6.20. The predicted molar refractivity (Wildman–Crippen MR) is 106 cm³/mol. The molecule has 2 aromatic carbocycles. The quantitative estimate of drug-likeness (QED) is 0.483. The lowest BCUT2D eigenvalue weighted by atomic mass is 10.2. The molecule has 8 heteroatoms. The summed E-state index contributed by atoms with van der Waals surface area (Å²) in [5.41, 5.74) is 1.40. The molecule has 0 aromatic heterocycles. The Bertz CT molecular complexity index is 809. The minimum Gasteiger partial charge on any atom is -0.493 e. The summed E-state index contributed by atoms with van der Waals surface area (Å²) in [5, 5.41) is 14.3. The third-order valence-corrected chi connectivity index (χ3v) is 4.81. The maximum absolute atomic E-state index is 11.2. The van der Waals surface area contributed by atoms with Crippen molar-refractivity contribution in [1.29, 1.82) is 0 Å². The highest BCUT2D eigenvalue weighted by atomic mass is 79.9. The summed E-state index contributed by atoms with van der Waals surface area (Å²) < 4.78 is 17.5. The van der Waals surface area contributed by atoms with E-state index in [2.05, 4.69) is 21.2 Å². The molecule has 27 heavy (non-hydrogen) atoms. The summed E-state index contributed by atoms with van der Waals surface area (Å²) >= 11 is 3.25. The van der Waals surface area contributed by atoms with E-state index in [1.54, 1.807) is 19.2 Å². The highest BCUT2D eigenvalue weighted by Crippen LogP contribution is 2.31. The van der Waals surface area contributed by atoms with Crippen LogP contribution in [-0.4, -0.2) is 31.4 Å². The van der Waals surface area contributed by atoms with Gasteiger partial charge in [-0.05, 0) is 42.7 Å². The fourth-order valence-corrected chi connectivity index (χ4v) is 3.25. The van der Waals surface area contributed by atoms with Gasteiger partial charge >= 0.3 is 0 Å². The summed E-state index contributed by atoms with van der Waals surface area (Å²) in [6.07, 6.45) is 2.21. The van der Waals surface area contributed by atoms with Crippen molar-refractivity contribution in [3.05, 3.63) is 56.5 Å². The first kappa shape index (κ1) is 19.4. The van der Waals surface area contributed by atoms with Crippen molar-refractivity contribution in [2.75, 3.05) is 25.6 Å². The Kier molecular flexibility index (Phi) is 6.52. The van der Waals surface area contributed by atoms with Crippen molar-refractivity contribution in [2.45, 2.75) is 25.5 Å². The molecule has 0 amide bonds. The minimum atomic E-state index is -0.407. The number of nitro benzene ring substituents is 1. The van der Waals surface area contributed by atoms with Crippen LogP contribution in [0, 0.1) is 10.1 Å². The zero-order chi connectivity index (χ0) is 19.2. The van der Waals surface area contributed by atoms with Gasteiger partial charge in [-0.25, -0.2) is 0 Å². The Morgan fingerprint density at radius 2 is 2.15 bits per heavy atom. The van der Waals surface area contributed by atoms with Crippen LogP contribution in [0.2, 0.25) is 0 Å². The number of ether oxygens (including phenoxy) is 3. The summed E-state index contributed by atoms with van der Waals surface area (Å²) in [6, 6.07) is 10.5. The molecule has 7 nitrogen and oxygen atoms in total. The van der Waals surface area contributed by atoms with Crippen molar-refractivity contribution < 1.29 is 19.1 Å². The molecule has 1 saturated heterocycles. The Morgan fingerprint density at radius 1 is 1.30 bits per heavy atom. The Morgan fingerprint density at radius 3 is 2.85 bits per heavy atom. The van der Waals surface area contributed by atoms with Crippen LogP contribution in [-0.2, 0) is 11.3 Å². The van der Waals surface area contributed by atoms with E-state index in [1.165, 1.54) is 6.07 Å². The lowest BCUT2D eigenvalue weighted by Gasteiger charge is -2.15. The van der Waals surface area contributed by atoms with Crippen LogP contribution in [0.4, 0.5) is 11.4 Å². The second-order valence-corrected chi connectivity index (χ2v) is 7.12. The van der Waals surface area contributed by atoms with Crippen molar-refractivity contribution in [2.24, 2.45) is 0 Å². The van der Waals surface area contributed by atoms with Crippen LogP contribution >= 0.6 is 15.9 Å². The smallest absolute Gasteiger partial charge is 0.293 e. The molecule has 1 aliphatic rings. The molecule has 0 aliphatic carbocycles. The molecule has 1 N–H and O–H groups in total. The molecule has 2 aromatic rings.